The third-order valence-corrected chi connectivity index (χ3v) is 4.87. The van der Waals surface area contributed by atoms with E-state index in [-0.39, 0.29) is 11.9 Å². The van der Waals surface area contributed by atoms with Gasteiger partial charge in [0.15, 0.2) is 0 Å². The predicted molar refractivity (Wildman–Crippen MR) is 97.7 cm³/mol. The van der Waals surface area contributed by atoms with Gasteiger partial charge in [0, 0.05) is 35.6 Å². The molecule has 0 bridgehead atoms. The molecule has 25 heavy (non-hydrogen) atoms. The summed E-state index contributed by atoms with van der Waals surface area (Å²) in [7, 11) is 1.88. The van der Waals surface area contributed by atoms with E-state index in [1.807, 2.05) is 30.1 Å². The summed E-state index contributed by atoms with van der Waals surface area (Å²) in [6.07, 6.45) is 6.06. The number of hydrogen-bond donors (Lipinski definition) is 0. The van der Waals surface area contributed by atoms with Gasteiger partial charge in [-0.25, -0.2) is 0 Å². The number of halogens is 1. The van der Waals surface area contributed by atoms with Crippen LogP contribution in [0.3, 0.4) is 0 Å². The van der Waals surface area contributed by atoms with Crippen LogP contribution in [0.15, 0.2) is 48.9 Å². The first-order chi connectivity index (χ1) is 12.1. The molecule has 0 aliphatic carbocycles. The average Bonchev–Trinajstić information content (AvgIpc) is 3.16. The van der Waals surface area contributed by atoms with Crippen molar-refractivity contribution in [2.75, 3.05) is 4.90 Å². The zero-order valence-electron chi connectivity index (χ0n) is 14.0. The van der Waals surface area contributed by atoms with Gasteiger partial charge < -0.3 is 0 Å². The first-order valence-corrected chi connectivity index (χ1v) is 8.54. The predicted octanol–water partition coefficient (Wildman–Crippen LogP) is 4.25. The van der Waals surface area contributed by atoms with Crippen molar-refractivity contribution in [3.8, 4) is 11.3 Å². The van der Waals surface area contributed by atoms with Crippen LogP contribution in [0, 0.1) is 0 Å². The van der Waals surface area contributed by atoms with Gasteiger partial charge in [-0.1, -0.05) is 18.5 Å². The smallest absolute Gasteiger partial charge is 0.259 e. The van der Waals surface area contributed by atoms with Crippen LogP contribution in [0.4, 0.5) is 5.69 Å². The fourth-order valence-corrected chi connectivity index (χ4v) is 3.65. The lowest BCUT2D eigenvalue weighted by atomic mass is 10.0. The van der Waals surface area contributed by atoms with Gasteiger partial charge in [-0.05, 0) is 42.3 Å². The molecule has 1 atom stereocenters. The lowest BCUT2D eigenvalue weighted by Gasteiger charge is -2.24. The molecule has 0 N–H and O–H groups in total. The maximum absolute atomic E-state index is 13.0. The van der Waals surface area contributed by atoms with Crippen LogP contribution >= 0.6 is 11.6 Å². The Morgan fingerprint density at radius 3 is 2.76 bits per heavy atom. The van der Waals surface area contributed by atoms with E-state index in [4.69, 9.17) is 11.6 Å². The molecule has 6 heteroatoms. The van der Waals surface area contributed by atoms with Gasteiger partial charge >= 0.3 is 0 Å². The first kappa shape index (κ1) is 15.8. The topological polar surface area (TPSA) is 51.0 Å². The van der Waals surface area contributed by atoms with Crippen LogP contribution in [0.25, 0.3) is 11.3 Å². The number of pyridine rings is 1. The number of carbonyl (C=O) groups is 1. The molecular formula is C19H17ClN4O. The highest BCUT2D eigenvalue weighted by Crippen LogP contribution is 2.40. The van der Waals surface area contributed by atoms with E-state index in [1.165, 1.54) is 0 Å². The second-order valence-corrected chi connectivity index (χ2v) is 6.54. The second-order valence-electron chi connectivity index (χ2n) is 6.10. The quantitative estimate of drug-likeness (QED) is 0.708. The molecule has 1 aliphatic rings. The van der Waals surface area contributed by atoms with Crippen molar-refractivity contribution in [1.82, 2.24) is 14.8 Å². The summed E-state index contributed by atoms with van der Waals surface area (Å²) in [6, 6.07) is 9.34. The SMILES string of the molecule is CC[C@H]1c2cc(Cl)ccc2C(=O)N1c1cncc(-c2ccnn2C)c1. The van der Waals surface area contributed by atoms with Crippen molar-refractivity contribution >= 4 is 23.2 Å². The molecule has 3 heterocycles. The van der Waals surface area contributed by atoms with E-state index >= 15 is 0 Å². The Morgan fingerprint density at radius 2 is 2.04 bits per heavy atom. The molecule has 0 saturated carbocycles. The summed E-state index contributed by atoms with van der Waals surface area (Å²) in [4.78, 5) is 19.1. The van der Waals surface area contributed by atoms with Crippen LogP contribution in [0.1, 0.15) is 35.3 Å². The number of aryl methyl sites for hydroxylation is 1. The van der Waals surface area contributed by atoms with Crippen LogP contribution in [-0.4, -0.2) is 20.7 Å². The summed E-state index contributed by atoms with van der Waals surface area (Å²) >= 11 is 6.15. The minimum Gasteiger partial charge on any atom is -0.299 e. The van der Waals surface area contributed by atoms with Crippen LogP contribution in [-0.2, 0) is 7.05 Å². The maximum Gasteiger partial charge on any atom is 0.259 e. The number of hydrogen-bond acceptors (Lipinski definition) is 3. The highest BCUT2D eigenvalue weighted by Gasteiger charge is 2.37. The third-order valence-electron chi connectivity index (χ3n) is 4.64. The molecule has 3 aromatic rings. The molecule has 1 aromatic carbocycles. The van der Waals surface area contributed by atoms with E-state index in [1.54, 1.807) is 35.4 Å². The summed E-state index contributed by atoms with van der Waals surface area (Å²) in [5.74, 6) is -0.0116. The van der Waals surface area contributed by atoms with E-state index in [9.17, 15) is 4.79 Å². The zero-order valence-corrected chi connectivity index (χ0v) is 14.7. The van der Waals surface area contributed by atoms with Crippen molar-refractivity contribution < 1.29 is 4.79 Å². The number of aromatic nitrogens is 3. The van der Waals surface area contributed by atoms with Crippen LogP contribution < -0.4 is 4.90 Å². The highest BCUT2D eigenvalue weighted by molar-refractivity contribution is 6.31. The summed E-state index contributed by atoms with van der Waals surface area (Å²) in [5, 5.41) is 4.85. The number of nitrogens with zero attached hydrogens (tertiary/aromatic N) is 4. The number of anilines is 1. The van der Waals surface area contributed by atoms with Gasteiger partial charge in [0.2, 0.25) is 0 Å². The minimum absolute atomic E-state index is 0.0116. The number of rotatable bonds is 3. The molecule has 1 aliphatic heterocycles. The summed E-state index contributed by atoms with van der Waals surface area (Å²) < 4.78 is 1.79. The number of fused-ring (bicyclic) bond motifs is 1. The Bertz CT molecular complexity index is 966. The van der Waals surface area contributed by atoms with Gasteiger partial charge in [-0.3, -0.25) is 19.4 Å². The lowest BCUT2D eigenvalue weighted by Crippen LogP contribution is -2.27. The third kappa shape index (κ3) is 2.51. The average molecular weight is 353 g/mol. The molecular weight excluding hydrogens is 336 g/mol. The van der Waals surface area contributed by atoms with Gasteiger partial charge in [0.1, 0.15) is 0 Å². The molecule has 0 spiro atoms. The largest absolute Gasteiger partial charge is 0.299 e. The van der Waals surface area contributed by atoms with Crippen molar-refractivity contribution in [3.63, 3.8) is 0 Å². The van der Waals surface area contributed by atoms with E-state index in [0.717, 1.165) is 28.9 Å². The van der Waals surface area contributed by atoms with Crippen LogP contribution in [0.2, 0.25) is 5.02 Å². The molecule has 0 radical (unpaired) electrons. The molecule has 0 unspecified atom stereocenters. The highest BCUT2D eigenvalue weighted by atomic mass is 35.5. The van der Waals surface area contributed by atoms with Gasteiger partial charge in [-0.15, -0.1) is 0 Å². The second kappa shape index (κ2) is 6.01. The number of amides is 1. The Kier molecular flexibility index (Phi) is 3.81. The summed E-state index contributed by atoms with van der Waals surface area (Å²) in [6.45, 7) is 2.07. The lowest BCUT2D eigenvalue weighted by molar-refractivity contribution is 0.0990. The van der Waals surface area contributed by atoms with Crippen molar-refractivity contribution in [1.29, 1.82) is 0 Å². The standard InChI is InChI=1S/C19H17ClN4O/c1-3-17-16-9-13(20)4-5-15(16)19(25)24(17)14-8-12(10-21-11-14)18-6-7-22-23(18)2/h4-11,17H,3H2,1-2H3/t17-/m0/s1. The minimum atomic E-state index is -0.0372. The Morgan fingerprint density at radius 1 is 1.20 bits per heavy atom. The molecule has 5 nitrogen and oxygen atoms in total. The van der Waals surface area contributed by atoms with E-state index < -0.39 is 0 Å². The molecule has 1 amide bonds. The molecule has 0 saturated heterocycles. The monoisotopic (exact) mass is 352 g/mol. The Hall–Kier alpha value is -2.66. The Labute approximate surface area is 150 Å². The van der Waals surface area contributed by atoms with E-state index in [0.29, 0.717) is 10.6 Å². The summed E-state index contributed by atoms with van der Waals surface area (Å²) in [5.41, 5.74) is 4.35. The molecule has 0 fully saturated rings. The molecule has 4 rings (SSSR count). The van der Waals surface area contributed by atoms with Gasteiger partial charge in [-0.2, -0.15) is 5.10 Å². The Balaban J connectivity index is 1.80. The van der Waals surface area contributed by atoms with E-state index in [2.05, 4.69) is 17.0 Å². The first-order valence-electron chi connectivity index (χ1n) is 8.16. The number of carbonyl (C=O) groups excluding carboxylic acids is 1. The van der Waals surface area contributed by atoms with Gasteiger partial charge in [0.25, 0.3) is 5.91 Å². The normalized spacial score (nSPS) is 16.4. The van der Waals surface area contributed by atoms with Crippen molar-refractivity contribution in [2.45, 2.75) is 19.4 Å². The van der Waals surface area contributed by atoms with Crippen LogP contribution in [0.5, 0.6) is 0 Å². The zero-order chi connectivity index (χ0) is 17.6. The molecule has 2 aromatic heterocycles. The maximum atomic E-state index is 13.0. The van der Waals surface area contributed by atoms with Gasteiger partial charge in [0.05, 0.1) is 23.6 Å². The van der Waals surface area contributed by atoms with Crippen molar-refractivity contribution in [2.24, 2.45) is 7.05 Å². The number of benzene rings is 1. The fourth-order valence-electron chi connectivity index (χ4n) is 3.47. The fraction of sp³-hybridized carbons (Fsp3) is 0.211. The molecule has 126 valence electrons. The van der Waals surface area contributed by atoms with Crippen molar-refractivity contribution in [3.05, 3.63) is 65.1 Å².